The summed E-state index contributed by atoms with van der Waals surface area (Å²) in [6, 6.07) is 8.15. The fraction of sp³-hybridized carbons (Fsp3) is 0.368. The van der Waals surface area contributed by atoms with Gasteiger partial charge in [0.1, 0.15) is 0 Å². The number of aryl methyl sites for hydroxylation is 3. The van der Waals surface area contributed by atoms with Gasteiger partial charge >= 0.3 is 0 Å². The molecule has 1 N–H and O–H groups in total. The molecule has 1 atom stereocenters. The van der Waals surface area contributed by atoms with Crippen molar-refractivity contribution in [3.8, 4) is 0 Å². The van der Waals surface area contributed by atoms with Crippen LogP contribution in [-0.4, -0.2) is 31.7 Å². The first kappa shape index (κ1) is 18.4. The number of hydrogen-bond donors (Lipinski definition) is 1. The lowest BCUT2D eigenvalue weighted by Gasteiger charge is -2.16. The van der Waals surface area contributed by atoms with Gasteiger partial charge in [-0.1, -0.05) is 41.6 Å². The zero-order valence-corrected chi connectivity index (χ0v) is 16.5. The lowest BCUT2D eigenvalue weighted by molar-refractivity contribution is -0.121. The molecule has 1 amide bonds. The summed E-state index contributed by atoms with van der Waals surface area (Å²) in [7, 11) is 0. The first-order valence-corrected chi connectivity index (χ1v) is 9.74. The molecule has 2 heterocycles. The minimum Gasteiger partial charge on any atom is -0.349 e. The smallest absolute Gasteiger partial charge is 0.253 e. The van der Waals surface area contributed by atoms with Crippen molar-refractivity contribution in [3.05, 3.63) is 52.3 Å². The van der Waals surface area contributed by atoms with Gasteiger partial charge in [0.2, 0.25) is 11.1 Å². The van der Waals surface area contributed by atoms with E-state index in [9.17, 15) is 4.79 Å². The molecule has 3 aromatic rings. The van der Waals surface area contributed by atoms with Crippen molar-refractivity contribution in [2.75, 3.05) is 6.26 Å². The average molecular weight is 369 g/mol. The second-order valence-corrected chi connectivity index (χ2v) is 7.22. The van der Waals surface area contributed by atoms with Crippen LogP contribution in [-0.2, 0) is 11.2 Å². The van der Waals surface area contributed by atoms with E-state index in [1.54, 1.807) is 4.52 Å². The quantitative estimate of drug-likeness (QED) is 0.699. The van der Waals surface area contributed by atoms with E-state index in [4.69, 9.17) is 0 Å². The first-order chi connectivity index (χ1) is 12.4. The molecule has 6 nitrogen and oxygen atoms in total. The molecule has 0 saturated carbocycles. The minimum absolute atomic E-state index is 0.0318. The molecular weight excluding hydrogens is 346 g/mol. The monoisotopic (exact) mass is 369 g/mol. The lowest BCUT2D eigenvalue weighted by atomic mass is 10.1. The number of thioether (sulfide) groups is 1. The molecule has 3 rings (SSSR count). The summed E-state index contributed by atoms with van der Waals surface area (Å²) in [5, 5.41) is 8.17. The topological polar surface area (TPSA) is 72.2 Å². The molecule has 1 aromatic carbocycles. The summed E-state index contributed by atoms with van der Waals surface area (Å²) in [5.41, 5.74) is 4.90. The maximum absolute atomic E-state index is 12.6. The fourth-order valence-corrected chi connectivity index (χ4v) is 3.26. The van der Waals surface area contributed by atoms with Crippen molar-refractivity contribution in [1.29, 1.82) is 0 Å². The number of rotatable bonds is 5. The predicted octanol–water partition coefficient (Wildman–Crippen LogP) is 3.19. The van der Waals surface area contributed by atoms with Crippen molar-refractivity contribution in [2.45, 2.75) is 45.3 Å². The SMILES string of the molecule is CSc1nc2nc(C)c(CC(=O)NC(C)c3ccc(C)cc3)c(C)n2n1. The van der Waals surface area contributed by atoms with Gasteiger partial charge in [0, 0.05) is 17.0 Å². The van der Waals surface area contributed by atoms with Crippen molar-refractivity contribution in [3.63, 3.8) is 0 Å². The van der Waals surface area contributed by atoms with E-state index >= 15 is 0 Å². The molecule has 0 saturated heterocycles. The minimum atomic E-state index is -0.0464. The number of amides is 1. The Bertz CT molecular complexity index is 949. The zero-order valence-electron chi connectivity index (χ0n) is 15.7. The summed E-state index contributed by atoms with van der Waals surface area (Å²) in [4.78, 5) is 21.4. The Morgan fingerprint density at radius 1 is 1.19 bits per heavy atom. The van der Waals surface area contributed by atoms with Gasteiger partial charge in [-0.05, 0) is 39.5 Å². The molecule has 0 aliphatic heterocycles. The van der Waals surface area contributed by atoms with Crippen LogP contribution in [0.25, 0.3) is 5.78 Å². The van der Waals surface area contributed by atoms with Crippen LogP contribution in [0.4, 0.5) is 0 Å². The largest absolute Gasteiger partial charge is 0.349 e. The van der Waals surface area contributed by atoms with Crippen molar-refractivity contribution in [1.82, 2.24) is 24.9 Å². The first-order valence-electron chi connectivity index (χ1n) is 8.51. The highest BCUT2D eigenvalue weighted by molar-refractivity contribution is 7.98. The molecule has 0 radical (unpaired) electrons. The Kier molecular flexibility index (Phi) is 5.27. The summed E-state index contributed by atoms with van der Waals surface area (Å²) in [6.07, 6.45) is 2.20. The van der Waals surface area contributed by atoms with Gasteiger partial charge in [0.05, 0.1) is 12.5 Å². The number of hydrogen-bond acceptors (Lipinski definition) is 5. The van der Waals surface area contributed by atoms with Crippen molar-refractivity contribution < 1.29 is 4.79 Å². The zero-order chi connectivity index (χ0) is 18.8. The summed E-state index contributed by atoms with van der Waals surface area (Å²) in [5.74, 6) is 0.539. The van der Waals surface area contributed by atoms with E-state index in [-0.39, 0.29) is 18.4 Å². The molecule has 0 aliphatic rings. The molecule has 0 aliphatic carbocycles. The van der Waals surface area contributed by atoms with E-state index in [0.717, 1.165) is 22.5 Å². The number of fused-ring (bicyclic) bond motifs is 1. The normalized spacial score (nSPS) is 12.3. The van der Waals surface area contributed by atoms with Crippen LogP contribution in [0.2, 0.25) is 0 Å². The Morgan fingerprint density at radius 2 is 1.88 bits per heavy atom. The molecular formula is C19H23N5OS. The van der Waals surface area contributed by atoms with Gasteiger partial charge in [0.25, 0.3) is 5.78 Å². The van der Waals surface area contributed by atoms with Crippen LogP contribution in [0, 0.1) is 20.8 Å². The van der Waals surface area contributed by atoms with Crippen LogP contribution in [0.3, 0.4) is 0 Å². The number of aromatic nitrogens is 4. The second kappa shape index (κ2) is 7.45. The third kappa shape index (κ3) is 3.72. The third-order valence-corrected chi connectivity index (χ3v) is 5.04. The standard InChI is InChI=1S/C19H23N5OS/c1-11-6-8-15(9-7-11)12(2)20-17(25)10-16-13(3)21-18-22-19(26-5)23-24(18)14(16)4/h6-9,12H,10H2,1-5H3,(H,20,25). The second-order valence-electron chi connectivity index (χ2n) is 6.45. The van der Waals surface area contributed by atoms with Gasteiger partial charge < -0.3 is 5.32 Å². The highest BCUT2D eigenvalue weighted by Gasteiger charge is 2.17. The van der Waals surface area contributed by atoms with Gasteiger partial charge in [-0.25, -0.2) is 9.50 Å². The third-order valence-electron chi connectivity index (χ3n) is 4.50. The highest BCUT2D eigenvalue weighted by atomic mass is 32.2. The molecule has 0 bridgehead atoms. The average Bonchev–Trinajstić information content (AvgIpc) is 3.02. The Balaban J connectivity index is 1.79. The number of carbonyl (C=O) groups is 1. The van der Waals surface area contributed by atoms with Gasteiger partial charge in [-0.3, -0.25) is 4.79 Å². The Labute approximate surface area is 157 Å². The van der Waals surface area contributed by atoms with Crippen LogP contribution >= 0.6 is 11.8 Å². The molecule has 26 heavy (non-hydrogen) atoms. The van der Waals surface area contributed by atoms with Crippen LogP contribution in [0.5, 0.6) is 0 Å². The molecule has 2 aromatic heterocycles. The Morgan fingerprint density at radius 3 is 2.54 bits per heavy atom. The summed E-state index contributed by atoms with van der Waals surface area (Å²) in [6.45, 7) is 7.90. The van der Waals surface area contributed by atoms with Crippen molar-refractivity contribution >= 4 is 23.4 Å². The highest BCUT2D eigenvalue weighted by Crippen LogP contribution is 2.18. The summed E-state index contributed by atoms with van der Waals surface area (Å²) >= 11 is 1.47. The van der Waals surface area contributed by atoms with Gasteiger partial charge in [-0.2, -0.15) is 4.98 Å². The molecule has 0 spiro atoms. The number of benzene rings is 1. The van der Waals surface area contributed by atoms with E-state index in [0.29, 0.717) is 10.9 Å². The number of nitrogens with zero attached hydrogens (tertiary/aromatic N) is 4. The van der Waals surface area contributed by atoms with E-state index in [2.05, 4.69) is 32.5 Å². The molecule has 136 valence electrons. The van der Waals surface area contributed by atoms with Crippen LogP contribution < -0.4 is 5.32 Å². The van der Waals surface area contributed by atoms with Crippen LogP contribution in [0.15, 0.2) is 29.4 Å². The fourth-order valence-electron chi connectivity index (χ4n) is 2.92. The molecule has 0 fully saturated rings. The van der Waals surface area contributed by atoms with E-state index < -0.39 is 0 Å². The molecule has 7 heteroatoms. The maximum Gasteiger partial charge on any atom is 0.253 e. The predicted molar refractivity (Wildman–Crippen MR) is 103 cm³/mol. The van der Waals surface area contributed by atoms with Gasteiger partial charge in [0.15, 0.2) is 0 Å². The molecule has 1 unspecified atom stereocenters. The van der Waals surface area contributed by atoms with E-state index in [1.807, 2.05) is 46.1 Å². The van der Waals surface area contributed by atoms with E-state index in [1.165, 1.54) is 17.3 Å². The van der Waals surface area contributed by atoms with Crippen molar-refractivity contribution in [2.24, 2.45) is 0 Å². The van der Waals surface area contributed by atoms with Gasteiger partial charge in [-0.15, -0.1) is 5.10 Å². The lowest BCUT2D eigenvalue weighted by Crippen LogP contribution is -2.29. The number of nitrogens with one attached hydrogen (secondary N) is 1. The maximum atomic E-state index is 12.6. The number of carbonyl (C=O) groups excluding carboxylic acids is 1. The summed E-state index contributed by atoms with van der Waals surface area (Å²) < 4.78 is 1.71. The Hall–Kier alpha value is -2.41. The van der Waals surface area contributed by atoms with Crippen LogP contribution in [0.1, 0.15) is 41.0 Å².